The van der Waals surface area contributed by atoms with Gasteiger partial charge in [0, 0.05) is 19.8 Å². The maximum absolute atomic E-state index is 12.0. The van der Waals surface area contributed by atoms with Crippen molar-refractivity contribution in [1.82, 2.24) is 5.32 Å². The number of likely N-dealkylation sites (N-methyl/N-ethyl adjacent to an activating group) is 1. The number of rotatable bonds is 18. The van der Waals surface area contributed by atoms with Crippen molar-refractivity contribution in [2.24, 2.45) is 0 Å². The molecule has 0 aliphatic heterocycles. The molecule has 3 aromatic carbocycles. The van der Waals surface area contributed by atoms with E-state index in [-0.39, 0.29) is 18.1 Å². The highest BCUT2D eigenvalue weighted by molar-refractivity contribution is 7.86. The average Bonchev–Trinajstić information content (AvgIpc) is 2.98. The SMILES string of the molecule is CCOCc1cccc(COCCNC)c1.CCOCc1cccc(COCCOS(=O)(=O)c2ccc(C)cc2)c1. The molecule has 0 aromatic heterocycles. The van der Waals surface area contributed by atoms with Crippen LogP contribution in [-0.4, -0.2) is 55.0 Å². The van der Waals surface area contributed by atoms with Crippen molar-refractivity contribution in [2.45, 2.75) is 52.1 Å². The lowest BCUT2D eigenvalue weighted by molar-refractivity contribution is 0.0905. The zero-order chi connectivity index (χ0) is 29.8. The molecule has 0 saturated heterocycles. The Morgan fingerprint density at radius 2 is 1.10 bits per heavy atom. The van der Waals surface area contributed by atoms with Crippen LogP contribution in [0.15, 0.2) is 77.7 Å². The van der Waals surface area contributed by atoms with E-state index in [0.717, 1.165) is 36.4 Å². The topological polar surface area (TPSA) is 92.3 Å². The molecule has 0 atom stereocenters. The molecular formula is C32H45NO7S. The first-order valence-electron chi connectivity index (χ1n) is 13.9. The lowest BCUT2D eigenvalue weighted by Crippen LogP contribution is -2.14. The molecule has 9 heteroatoms. The Hall–Kier alpha value is -2.63. The fourth-order valence-corrected chi connectivity index (χ4v) is 4.48. The molecule has 8 nitrogen and oxygen atoms in total. The Kier molecular flexibility index (Phi) is 17.1. The van der Waals surface area contributed by atoms with Crippen LogP contribution in [-0.2, 0) is 59.7 Å². The molecule has 0 saturated carbocycles. The highest BCUT2D eigenvalue weighted by atomic mass is 32.2. The van der Waals surface area contributed by atoms with Gasteiger partial charge in [-0.15, -0.1) is 0 Å². The highest BCUT2D eigenvalue weighted by Gasteiger charge is 2.14. The van der Waals surface area contributed by atoms with E-state index in [1.807, 2.05) is 58.2 Å². The van der Waals surface area contributed by atoms with Gasteiger partial charge in [0.25, 0.3) is 10.1 Å². The minimum Gasteiger partial charge on any atom is -0.377 e. The predicted molar refractivity (Wildman–Crippen MR) is 161 cm³/mol. The van der Waals surface area contributed by atoms with Gasteiger partial charge < -0.3 is 24.3 Å². The molecule has 41 heavy (non-hydrogen) atoms. The second kappa shape index (κ2) is 20.3. The molecule has 0 fully saturated rings. The summed E-state index contributed by atoms with van der Waals surface area (Å²) in [4.78, 5) is 0.154. The number of hydrogen-bond donors (Lipinski definition) is 1. The summed E-state index contributed by atoms with van der Waals surface area (Å²) < 4.78 is 50.8. The summed E-state index contributed by atoms with van der Waals surface area (Å²) in [6.45, 7) is 11.4. The third kappa shape index (κ3) is 14.7. The fraction of sp³-hybridized carbons (Fsp3) is 0.438. The van der Waals surface area contributed by atoms with E-state index in [2.05, 4.69) is 23.5 Å². The molecule has 3 aromatic rings. The van der Waals surface area contributed by atoms with Gasteiger partial charge in [-0.05, 0) is 62.2 Å². The normalized spacial score (nSPS) is 11.2. The van der Waals surface area contributed by atoms with E-state index in [4.69, 9.17) is 23.1 Å². The van der Waals surface area contributed by atoms with Crippen LogP contribution in [0, 0.1) is 6.92 Å². The average molecular weight is 588 g/mol. The largest absolute Gasteiger partial charge is 0.377 e. The second-order valence-corrected chi connectivity index (χ2v) is 10.8. The number of benzene rings is 3. The van der Waals surface area contributed by atoms with Crippen molar-refractivity contribution in [2.75, 3.05) is 46.6 Å². The van der Waals surface area contributed by atoms with Crippen LogP contribution in [0.4, 0.5) is 0 Å². The standard InChI is InChI=1S/C19H24O5S.C13H21NO2/c1-3-22-14-17-5-4-6-18(13-17)15-23-11-12-24-25(20,21)19-9-7-16(2)8-10-19;1-3-15-10-12-5-4-6-13(9-12)11-16-8-7-14-2/h4-10,13H,3,11-12,14-15H2,1-2H3;4-6,9,14H,3,7-8,10-11H2,1-2H3. The first-order valence-corrected chi connectivity index (χ1v) is 15.4. The molecule has 0 unspecified atom stereocenters. The summed E-state index contributed by atoms with van der Waals surface area (Å²) in [6, 6.07) is 22.8. The van der Waals surface area contributed by atoms with Crippen molar-refractivity contribution in [3.05, 3.63) is 101 Å². The van der Waals surface area contributed by atoms with Gasteiger partial charge in [0.05, 0.1) is 51.1 Å². The summed E-state index contributed by atoms with van der Waals surface area (Å²) in [7, 11) is -1.81. The summed E-state index contributed by atoms with van der Waals surface area (Å²) in [5.41, 5.74) is 5.50. The summed E-state index contributed by atoms with van der Waals surface area (Å²) >= 11 is 0. The Morgan fingerprint density at radius 1 is 0.634 bits per heavy atom. The van der Waals surface area contributed by atoms with E-state index in [0.29, 0.717) is 33.0 Å². The lowest BCUT2D eigenvalue weighted by atomic mass is 10.1. The molecule has 0 radical (unpaired) electrons. The maximum atomic E-state index is 12.0. The van der Waals surface area contributed by atoms with Crippen molar-refractivity contribution < 1.29 is 31.5 Å². The fourth-order valence-electron chi connectivity index (χ4n) is 3.59. The van der Waals surface area contributed by atoms with Crippen LogP contribution in [0.3, 0.4) is 0 Å². The molecule has 3 rings (SSSR count). The van der Waals surface area contributed by atoms with Crippen molar-refractivity contribution >= 4 is 10.1 Å². The van der Waals surface area contributed by atoms with Crippen LogP contribution in [0.1, 0.15) is 41.7 Å². The Labute approximate surface area is 246 Å². The minimum atomic E-state index is -3.74. The Balaban J connectivity index is 0.000000317. The van der Waals surface area contributed by atoms with Gasteiger partial charge in [-0.3, -0.25) is 4.18 Å². The molecule has 0 amide bonds. The van der Waals surface area contributed by atoms with E-state index in [1.165, 1.54) is 23.3 Å². The van der Waals surface area contributed by atoms with Gasteiger partial charge in [0.15, 0.2) is 0 Å². The molecule has 226 valence electrons. The van der Waals surface area contributed by atoms with Gasteiger partial charge in [-0.25, -0.2) is 0 Å². The Bertz CT molecular complexity index is 1220. The van der Waals surface area contributed by atoms with Crippen LogP contribution in [0.2, 0.25) is 0 Å². The van der Waals surface area contributed by atoms with Crippen LogP contribution in [0.5, 0.6) is 0 Å². The van der Waals surface area contributed by atoms with Gasteiger partial charge in [-0.2, -0.15) is 8.42 Å². The Morgan fingerprint density at radius 3 is 1.56 bits per heavy atom. The van der Waals surface area contributed by atoms with Gasteiger partial charge in [0.1, 0.15) is 0 Å². The number of hydrogen-bond acceptors (Lipinski definition) is 8. The summed E-state index contributed by atoms with van der Waals surface area (Å²) in [6.07, 6.45) is 0. The number of nitrogens with one attached hydrogen (secondary N) is 1. The number of aryl methyl sites for hydroxylation is 1. The highest BCUT2D eigenvalue weighted by Crippen LogP contribution is 2.13. The van der Waals surface area contributed by atoms with E-state index >= 15 is 0 Å². The summed E-state index contributed by atoms with van der Waals surface area (Å²) in [5, 5.41) is 3.05. The first-order chi connectivity index (χ1) is 19.9. The molecule has 0 aliphatic rings. The van der Waals surface area contributed by atoms with Crippen LogP contribution < -0.4 is 5.32 Å². The van der Waals surface area contributed by atoms with E-state index in [9.17, 15) is 8.42 Å². The zero-order valence-corrected chi connectivity index (χ0v) is 25.6. The smallest absolute Gasteiger partial charge is 0.297 e. The van der Waals surface area contributed by atoms with Gasteiger partial charge in [0.2, 0.25) is 0 Å². The van der Waals surface area contributed by atoms with Gasteiger partial charge >= 0.3 is 0 Å². The third-order valence-corrected chi connectivity index (χ3v) is 7.06. The van der Waals surface area contributed by atoms with Crippen molar-refractivity contribution in [3.8, 4) is 0 Å². The molecule has 1 N–H and O–H groups in total. The van der Waals surface area contributed by atoms with E-state index < -0.39 is 10.1 Å². The van der Waals surface area contributed by atoms with E-state index in [1.54, 1.807) is 12.1 Å². The monoisotopic (exact) mass is 587 g/mol. The molecular weight excluding hydrogens is 542 g/mol. The van der Waals surface area contributed by atoms with Crippen molar-refractivity contribution in [3.63, 3.8) is 0 Å². The van der Waals surface area contributed by atoms with Crippen LogP contribution >= 0.6 is 0 Å². The quantitative estimate of drug-likeness (QED) is 0.156. The molecule has 0 bridgehead atoms. The lowest BCUT2D eigenvalue weighted by Gasteiger charge is -2.08. The van der Waals surface area contributed by atoms with Crippen LogP contribution in [0.25, 0.3) is 0 Å². The number of ether oxygens (including phenoxy) is 4. The predicted octanol–water partition coefficient (Wildman–Crippen LogP) is 5.41. The first kappa shape index (κ1) is 34.6. The molecule has 0 spiro atoms. The summed E-state index contributed by atoms with van der Waals surface area (Å²) in [5.74, 6) is 0. The molecule has 0 heterocycles. The van der Waals surface area contributed by atoms with Gasteiger partial charge in [-0.1, -0.05) is 66.2 Å². The maximum Gasteiger partial charge on any atom is 0.297 e. The zero-order valence-electron chi connectivity index (χ0n) is 24.8. The third-order valence-electron chi connectivity index (χ3n) is 5.74. The minimum absolute atomic E-state index is 0.0190. The second-order valence-electron chi connectivity index (χ2n) is 9.21. The van der Waals surface area contributed by atoms with Crippen molar-refractivity contribution in [1.29, 1.82) is 0 Å². The molecule has 0 aliphatic carbocycles.